The zero-order chi connectivity index (χ0) is 23.0. The lowest BCUT2D eigenvalue weighted by Gasteiger charge is -2.13. The van der Waals surface area contributed by atoms with Crippen molar-refractivity contribution in [1.82, 2.24) is 20.1 Å². The molecule has 3 N–H and O–H groups in total. The number of nitrogens with one attached hydrogen (secondary N) is 3. The first-order valence-corrected chi connectivity index (χ1v) is 9.49. The number of pyridine rings is 1. The van der Waals surface area contributed by atoms with Crippen LogP contribution in [0.2, 0.25) is 0 Å². The van der Waals surface area contributed by atoms with Crippen LogP contribution in [0.4, 0.5) is 28.9 Å². The summed E-state index contributed by atoms with van der Waals surface area (Å²) in [6.45, 7) is -0.311. The zero-order valence-corrected chi connectivity index (χ0v) is 16.7. The van der Waals surface area contributed by atoms with Gasteiger partial charge < -0.3 is 15.2 Å². The molecule has 0 fully saturated rings. The van der Waals surface area contributed by atoms with Crippen molar-refractivity contribution in [3.63, 3.8) is 0 Å². The van der Waals surface area contributed by atoms with E-state index in [1.807, 2.05) is 6.92 Å². The van der Waals surface area contributed by atoms with Crippen LogP contribution < -0.4 is 16.2 Å². The van der Waals surface area contributed by atoms with Crippen LogP contribution in [-0.4, -0.2) is 33.4 Å². The molecule has 0 radical (unpaired) electrons. The average molecular weight is 447 g/mol. The van der Waals surface area contributed by atoms with Crippen molar-refractivity contribution in [3.05, 3.63) is 64.5 Å². The number of aromatic amines is 1. The first-order chi connectivity index (χ1) is 15.1. The van der Waals surface area contributed by atoms with Crippen molar-refractivity contribution in [2.75, 3.05) is 11.9 Å². The van der Waals surface area contributed by atoms with Crippen LogP contribution >= 0.6 is 0 Å². The zero-order valence-electron chi connectivity index (χ0n) is 16.7. The largest absolute Gasteiger partial charge is 0.405 e. The number of nitrogens with zero attached hydrogens (tertiary/aromatic N) is 2. The van der Waals surface area contributed by atoms with Crippen molar-refractivity contribution in [2.24, 2.45) is 0 Å². The minimum Gasteiger partial charge on any atom is -0.352 e. The third kappa shape index (κ3) is 4.27. The Bertz CT molecular complexity index is 1390. The van der Waals surface area contributed by atoms with Gasteiger partial charge in [-0.15, -0.1) is 0 Å². The van der Waals surface area contributed by atoms with Gasteiger partial charge in [-0.3, -0.25) is 14.7 Å². The van der Waals surface area contributed by atoms with Crippen molar-refractivity contribution < 1.29 is 22.4 Å². The summed E-state index contributed by atoms with van der Waals surface area (Å²) in [5.74, 6) is -1.69. The molecule has 0 saturated carbocycles. The van der Waals surface area contributed by atoms with Crippen LogP contribution in [0, 0.1) is 12.7 Å². The Morgan fingerprint density at radius 2 is 1.97 bits per heavy atom. The molecule has 0 aliphatic carbocycles. The third-order valence-electron chi connectivity index (χ3n) is 4.92. The van der Waals surface area contributed by atoms with Crippen molar-refractivity contribution in [2.45, 2.75) is 19.6 Å². The van der Waals surface area contributed by atoms with Gasteiger partial charge in [0.2, 0.25) is 5.91 Å². The van der Waals surface area contributed by atoms with Gasteiger partial charge in [0.1, 0.15) is 18.9 Å². The number of alkyl halides is 3. The van der Waals surface area contributed by atoms with Crippen LogP contribution in [0.15, 0.2) is 47.4 Å². The predicted molar refractivity (Wildman–Crippen MR) is 111 cm³/mol. The van der Waals surface area contributed by atoms with Gasteiger partial charge in [-0.2, -0.15) is 18.3 Å². The van der Waals surface area contributed by atoms with Crippen LogP contribution in [0.1, 0.15) is 5.69 Å². The second-order valence-electron chi connectivity index (χ2n) is 7.22. The molecule has 0 aliphatic heterocycles. The van der Waals surface area contributed by atoms with Gasteiger partial charge in [-0.25, -0.2) is 4.39 Å². The molecule has 11 heteroatoms. The highest BCUT2D eigenvalue weighted by Gasteiger charge is 2.27. The second-order valence-corrected chi connectivity index (χ2v) is 7.22. The Hall–Kier alpha value is -3.89. The monoisotopic (exact) mass is 447 g/mol. The number of hydrogen-bond donors (Lipinski definition) is 3. The summed E-state index contributed by atoms with van der Waals surface area (Å²) in [6, 6.07) is 9.30. The van der Waals surface area contributed by atoms with Gasteiger partial charge in [-0.05, 0) is 42.6 Å². The van der Waals surface area contributed by atoms with Crippen LogP contribution in [0.25, 0.3) is 21.7 Å². The van der Waals surface area contributed by atoms with Crippen LogP contribution in [0.3, 0.4) is 0 Å². The van der Waals surface area contributed by atoms with Gasteiger partial charge >= 0.3 is 6.18 Å². The molecule has 0 atom stereocenters. The number of carbonyl (C=O) groups is 1. The van der Waals surface area contributed by atoms with E-state index in [0.29, 0.717) is 16.6 Å². The first-order valence-electron chi connectivity index (χ1n) is 9.49. The highest BCUT2D eigenvalue weighted by molar-refractivity contribution is 5.96. The lowest BCUT2D eigenvalue weighted by atomic mass is 10.1. The minimum atomic E-state index is -4.57. The fraction of sp³-hybridized carbons (Fsp3) is 0.190. The van der Waals surface area contributed by atoms with E-state index >= 15 is 0 Å². The summed E-state index contributed by atoms with van der Waals surface area (Å²) in [7, 11) is 0. The highest BCUT2D eigenvalue weighted by Crippen LogP contribution is 2.29. The fourth-order valence-corrected chi connectivity index (χ4v) is 3.38. The molecule has 166 valence electrons. The molecule has 2 aromatic carbocycles. The van der Waals surface area contributed by atoms with E-state index in [4.69, 9.17) is 0 Å². The van der Waals surface area contributed by atoms with Crippen molar-refractivity contribution >= 4 is 39.0 Å². The van der Waals surface area contributed by atoms with E-state index in [1.54, 1.807) is 23.5 Å². The highest BCUT2D eigenvalue weighted by atomic mass is 19.4. The second kappa shape index (κ2) is 7.98. The Labute approximate surface area is 178 Å². The number of aromatic nitrogens is 3. The summed E-state index contributed by atoms with van der Waals surface area (Å²) in [5, 5.41) is 12.8. The Morgan fingerprint density at radius 3 is 2.72 bits per heavy atom. The number of hydrogen-bond acceptors (Lipinski definition) is 4. The normalized spacial score (nSPS) is 11.8. The van der Waals surface area contributed by atoms with E-state index in [9.17, 15) is 27.2 Å². The summed E-state index contributed by atoms with van der Waals surface area (Å²) < 4.78 is 52.6. The topological polar surface area (TPSA) is 91.8 Å². The molecule has 0 spiro atoms. The van der Waals surface area contributed by atoms with E-state index < -0.39 is 36.5 Å². The number of H-pyrrole nitrogens is 1. The van der Waals surface area contributed by atoms with E-state index in [2.05, 4.69) is 15.5 Å². The van der Waals surface area contributed by atoms with Crippen LogP contribution in [0.5, 0.6) is 0 Å². The Morgan fingerprint density at radius 1 is 1.19 bits per heavy atom. The SMILES string of the molecule is Cc1n[nH]c2cc(Nc3c(F)ccc4ccn(CC(=O)NCC(F)(F)F)c(=O)c34)ccc12. The number of amides is 1. The molecule has 1 amide bonds. The standard InChI is InChI=1S/C21H17F4N5O2/c1-11-14-4-3-13(8-16(14)29-28-11)27-19-15(22)5-2-12-6-7-30(20(32)18(12)19)9-17(31)26-10-21(23,24)25/h2-8,27H,9-10H2,1H3,(H,26,31)(H,28,29). The van der Waals surface area contributed by atoms with Gasteiger partial charge in [-0.1, -0.05) is 6.07 Å². The smallest absolute Gasteiger partial charge is 0.352 e. The number of carbonyl (C=O) groups excluding carboxylic acids is 1. The first kappa shape index (κ1) is 21.3. The predicted octanol–water partition coefficient (Wildman–Crippen LogP) is 3.75. The van der Waals surface area contributed by atoms with Gasteiger partial charge in [0.15, 0.2) is 0 Å². The molecule has 4 rings (SSSR count). The van der Waals surface area contributed by atoms with Crippen LogP contribution in [-0.2, 0) is 11.3 Å². The van der Waals surface area contributed by atoms with Crippen molar-refractivity contribution in [3.8, 4) is 0 Å². The molecule has 4 aromatic rings. The number of anilines is 2. The van der Waals surface area contributed by atoms with E-state index in [0.717, 1.165) is 15.6 Å². The molecule has 7 nitrogen and oxygen atoms in total. The molecule has 0 aliphatic rings. The lowest BCUT2D eigenvalue weighted by Crippen LogP contribution is -2.37. The van der Waals surface area contributed by atoms with Gasteiger partial charge in [0, 0.05) is 17.3 Å². The maximum atomic E-state index is 14.7. The van der Waals surface area contributed by atoms with Crippen molar-refractivity contribution in [1.29, 1.82) is 0 Å². The van der Waals surface area contributed by atoms with E-state index in [1.165, 1.54) is 24.4 Å². The lowest BCUT2D eigenvalue weighted by molar-refractivity contribution is -0.138. The summed E-state index contributed by atoms with van der Waals surface area (Å²) in [4.78, 5) is 24.8. The molecule has 32 heavy (non-hydrogen) atoms. The maximum Gasteiger partial charge on any atom is 0.405 e. The molecule has 2 aromatic heterocycles. The third-order valence-corrected chi connectivity index (χ3v) is 4.92. The number of fused-ring (bicyclic) bond motifs is 2. The molecular weight excluding hydrogens is 430 g/mol. The minimum absolute atomic E-state index is 0.0305. The fourth-order valence-electron chi connectivity index (χ4n) is 3.38. The Balaban J connectivity index is 1.70. The summed E-state index contributed by atoms with van der Waals surface area (Å²) in [6.07, 6.45) is -3.29. The molecule has 0 saturated heterocycles. The summed E-state index contributed by atoms with van der Waals surface area (Å²) >= 11 is 0. The number of halogens is 4. The molecule has 0 bridgehead atoms. The number of aryl methyl sites for hydroxylation is 1. The van der Waals surface area contributed by atoms with E-state index in [-0.39, 0.29) is 11.1 Å². The molecule has 0 unspecified atom stereocenters. The molecular formula is C21H17F4N5O2. The van der Waals surface area contributed by atoms with Gasteiger partial charge in [0.25, 0.3) is 5.56 Å². The summed E-state index contributed by atoms with van der Waals surface area (Å²) in [5.41, 5.74) is 1.19. The molecule has 2 heterocycles. The maximum absolute atomic E-state index is 14.7. The number of benzene rings is 2. The Kier molecular flexibility index (Phi) is 5.33. The quantitative estimate of drug-likeness (QED) is 0.407. The number of rotatable bonds is 5. The average Bonchev–Trinajstić information content (AvgIpc) is 3.10. The van der Waals surface area contributed by atoms with Gasteiger partial charge in [0.05, 0.1) is 22.3 Å².